The minimum atomic E-state index is -0.399. The molecule has 0 radical (unpaired) electrons. The predicted molar refractivity (Wildman–Crippen MR) is 142 cm³/mol. The van der Waals surface area contributed by atoms with E-state index in [2.05, 4.69) is 22.2 Å². The fraction of sp³-hybridized carbons (Fsp3) is 0.360. The number of benzene rings is 1. The number of anilines is 1. The molecule has 0 bridgehead atoms. The number of fused-ring (bicyclic) bond motifs is 1. The molecule has 0 saturated heterocycles. The topological polar surface area (TPSA) is 87.7 Å². The van der Waals surface area contributed by atoms with Crippen molar-refractivity contribution in [2.75, 3.05) is 32.7 Å². The van der Waals surface area contributed by atoms with E-state index in [4.69, 9.17) is 9.72 Å². The Morgan fingerprint density at radius 2 is 1.83 bits per heavy atom. The zero-order chi connectivity index (χ0) is 24.4. The van der Waals surface area contributed by atoms with Gasteiger partial charge in [-0.25, -0.2) is 9.97 Å². The van der Waals surface area contributed by atoms with Crippen LogP contribution in [0.2, 0.25) is 0 Å². The lowest BCUT2D eigenvalue weighted by Crippen LogP contribution is -2.36. The summed E-state index contributed by atoms with van der Waals surface area (Å²) in [6.07, 6.45) is 2.92. The zero-order valence-electron chi connectivity index (χ0n) is 20.5. The summed E-state index contributed by atoms with van der Waals surface area (Å²) in [5, 5.41) is 1.83. The number of likely N-dealkylation sites (N-methyl/N-ethyl adjacent to an activating group) is 1. The molecular formula is C25H30ClN5O3S. The highest BCUT2D eigenvalue weighted by molar-refractivity contribution is 7.22. The zero-order valence-corrected chi connectivity index (χ0v) is 22.2. The molecule has 35 heavy (non-hydrogen) atoms. The molecule has 8 nitrogen and oxygen atoms in total. The quantitative estimate of drug-likeness (QED) is 0.416. The Balaban J connectivity index is 0.00000342. The van der Waals surface area contributed by atoms with Gasteiger partial charge in [-0.3, -0.25) is 15.0 Å². The van der Waals surface area contributed by atoms with Crippen LogP contribution >= 0.6 is 23.7 Å². The highest BCUT2D eigenvalue weighted by Gasteiger charge is 2.30. The maximum absolute atomic E-state index is 12.4. The van der Waals surface area contributed by atoms with Gasteiger partial charge in [-0.2, -0.15) is 5.01 Å². The maximum atomic E-state index is 12.4. The van der Waals surface area contributed by atoms with Crippen molar-refractivity contribution in [3.05, 3.63) is 47.3 Å². The third-order valence-electron chi connectivity index (χ3n) is 5.55. The molecule has 0 saturated carbocycles. The first-order chi connectivity index (χ1) is 16.3. The van der Waals surface area contributed by atoms with Crippen molar-refractivity contribution < 1.29 is 14.3 Å². The SMILES string of the molecule is CCCc1nc(NN2C(=O)C=C(C)C2=O)c2c(C)c(-c3ccc(OCCN(C)C)cc3)sc2n1.Cl. The molecular weight excluding hydrogens is 486 g/mol. The number of hydrogen-bond acceptors (Lipinski definition) is 8. The van der Waals surface area contributed by atoms with Crippen molar-refractivity contribution in [1.29, 1.82) is 0 Å². The molecule has 1 N–H and O–H groups in total. The Bertz CT molecular complexity index is 1270. The molecule has 1 aliphatic rings. The van der Waals surface area contributed by atoms with Gasteiger partial charge in [0.25, 0.3) is 11.8 Å². The van der Waals surface area contributed by atoms with Crippen LogP contribution in [0.1, 0.15) is 31.7 Å². The van der Waals surface area contributed by atoms with Crippen molar-refractivity contribution in [2.24, 2.45) is 0 Å². The summed E-state index contributed by atoms with van der Waals surface area (Å²) < 4.78 is 5.82. The van der Waals surface area contributed by atoms with Gasteiger partial charge in [0, 0.05) is 29.5 Å². The number of carbonyl (C=O) groups excluding carboxylic acids is 2. The Morgan fingerprint density at radius 3 is 2.43 bits per heavy atom. The van der Waals surface area contributed by atoms with E-state index in [1.54, 1.807) is 18.3 Å². The Labute approximate surface area is 215 Å². The van der Waals surface area contributed by atoms with Crippen LogP contribution in [0.25, 0.3) is 20.7 Å². The molecule has 0 spiro atoms. The third kappa shape index (κ3) is 5.63. The third-order valence-corrected chi connectivity index (χ3v) is 6.79. The molecule has 10 heteroatoms. The molecule has 3 heterocycles. The van der Waals surface area contributed by atoms with Crippen LogP contribution in [0.3, 0.4) is 0 Å². The van der Waals surface area contributed by atoms with Crippen molar-refractivity contribution in [3.63, 3.8) is 0 Å². The van der Waals surface area contributed by atoms with Crippen LogP contribution in [-0.4, -0.2) is 58.9 Å². The van der Waals surface area contributed by atoms with E-state index in [1.807, 2.05) is 45.3 Å². The number of rotatable bonds is 9. The van der Waals surface area contributed by atoms with Gasteiger partial charge in [-0.15, -0.1) is 23.7 Å². The highest BCUT2D eigenvalue weighted by atomic mass is 35.5. The largest absolute Gasteiger partial charge is 0.492 e. The summed E-state index contributed by atoms with van der Waals surface area (Å²) in [6.45, 7) is 7.18. The van der Waals surface area contributed by atoms with Crippen molar-refractivity contribution in [2.45, 2.75) is 33.6 Å². The fourth-order valence-electron chi connectivity index (χ4n) is 3.72. The number of aromatic nitrogens is 2. The van der Waals surface area contributed by atoms with Gasteiger partial charge in [0.2, 0.25) is 0 Å². The summed E-state index contributed by atoms with van der Waals surface area (Å²) >= 11 is 1.58. The summed E-state index contributed by atoms with van der Waals surface area (Å²) in [5.41, 5.74) is 5.42. The summed E-state index contributed by atoms with van der Waals surface area (Å²) in [5.74, 6) is 1.21. The predicted octanol–water partition coefficient (Wildman–Crippen LogP) is 4.62. The van der Waals surface area contributed by atoms with Gasteiger partial charge in [-0.05, 0) is 69.8 Å². The average molecular weight is 516 g/mol. The number of hydrazine groups is 1. The molecule has 0 fully saturated rings. The van der Waals surface area contributed by atoms with E-state index in [9.17, 15) is 9.59 Å². The van der Waals surface area contributed by atoms with E-state index in [-0.39, 0.29) is 18.3 Å². The molecule has 1 aliphatic heterocycles. The van der Waals surface area contributed by atoms with Gasteiger partial charge >= 0.3 is 0 Å². The standard InChI is InChI=1S/C25H29N5O3S.ClH/c1-6-7-19-26-23(28-30-20(31)14-15(2)25(30)32)21-16(3)22(34-24(21)27-19)17-8-10-18(11-9-17)33-13-12-29(4)5;/h8-11,14H,6-7,12-13H2,1-5H3,(H,26,27,28);1H. The number of ether oxygens (including phenoxy) is 1. The Kier molecular flexibility index (Phi) is 8.47. The highest BCUT2D eigenvalue weighted by Crippen LogP contribution is 2.40. The van der Waals surface area contributed by atoms with Crippen LogP contribution < -0.4 is 10.2 Å². The summed E-state index contributed by atoms with van der Waals surface area (Å²) in [6, 6.07) is 8.02. The molecule has 1 aromatic carbocycles. The van der Waals surface area contributed by atoms with E-state index in [0.29, 0.717) is 30.2 Å². The molecule has 0 aliphatic carbocycles. The summed E-state index contributed by atoms with van der Waals surface area (Å²) in [4.78, 5) is 38.2. The lowest BCUT2D eigenvalue weighted by Gasteiger charge is -2.17. The van der Waals surface area contributed by atoms with Crippen LogP contribution in [-0.2, 0) is 16.0 Å². The fourth-order valence-corrected chi connectivity index (χ4v) is 4.93. The van der Waals surface area contributed by atoms with E-state index in [1.165, 1.54) is 6.08 Å². The summed E-state index contributed by atoms with van der Waals surface area (Å²) in [7, 11) is 4.03. The number of amides is 2. The van der Waals surface area contributed by atoms with Gasteiger partial charge in [-0.1, -0.05) is 6.92 Å². The lowest BCUT2D eigenvalue weighted by atomic mass is 10.1. The van der Waals surface area contributed by atoms with Gasteiger partial charge in [0.15, 0.2) is 5.82 Å². The Hall–Kier alpha value is -3.01. The van der Waals surface area contributed by atoms with Crippen LogP contribution in [0.5, 0.6) is 5.75 Å². The maximum Gasteiger partial charge on any atom is 0.275 e. The number of nitrogens with zero attached hydrogens (tertiary/aromatic N) is 4. The Morgan fingerprint density at radius 1 is 1.11 bits per heavy atom. The van der Waals surface area contributed by atoms with Crippen molar-refractivity contribution in [3.8, 4) is 16.2 Å². The van der Waals surface area contributed by atoms with E-state index >= 15 is 0 Å². The van der Waals surface area contributed by atoms with Gasteiger partial charge < -0.3 is 9.64 Å². The number of imide groups is 1. The second-order valence-electron chi connectivity index (χ2n) is 8.57. The number of hydrogen-bond donors (Lipinski definition) is 1. The molecule has 186 valence electrons. The number of thiophene rings is 1. The average Bonchev–Trinajstić information content (AvgIpc) is 3.25. The molecule has 0 atom stereocenters. The number of halogens is 1. The number of nitrogens with one attached hydrogen (secondary N) is 1. The lowest BCUT2D eigenvalue weighted by molar-refractivity contribution is -0.135. The van der Waals surface area contributed by atoms with Crippen molar-refractivity contribution >= 4 is 51.6 Å². The molecule has 4 rings (SSSR count). The molecule has 3 aromatic rings. The monoisotopic (exact) mass is 515 g/mol. The minimum Gasteiger partial charge on any atom is -0.492 e. The van der Waals surface area contributed by atoms with Crippen LogP contribution in [0.4, 0.5) is 5.82 Å². The van der Waals surface area contributed by atoms with E-state index < -0.39 is 5.91 Å². The second kappa shape index (κ2) is 11.2. The first kappa shape index (κ1) is 26.6. The normalized spacial score (nSPS) is 13.4. The first-order valence-electron chi connectivity index (χ1n) is 11.3. The smallest absolute Gasteiger partial charge is 0.275 e. The molecule has 2 amide bonds. The number of aryl methyl sites for hydroxylation is 2. The first-order valence-corrected chi connectivity index (χ1v) is 12.1. The second-order valence-corrected chi connectivity index (χ2v) is 9.57. The molecule has 0 unspecified atom stereocenters. The van der Waals surface area contributed by atoms with Crippen molar-refractivity contribution in [1.82, 2.24) is 19.9 Å². The van der Waals surface area contributed by atoms with Gasteiger partial charge in [0.1, 0.15) is 23.0 Å². The minimum absolute atomic E-state index is 0. The van der Waals surface area contributed by atoms with Gasteiger partial charge in [0.05, 0.1) is 5.39 Å². The molecule has 2 aromatic heterocycles. The van der Waals surface area contributed by atoms with Crippen LogP contribution in [0, 0.1) is 6.92 Å². The van der Waals surface area contributed by atoms with Crippen LogP contribution in [0.15, 0.2) is 35.9 Å². The van der Waals surface area contributed by atoms with E-state index in [0.717, 1.165) is 49.9 Å². The number of carbonyl (C=O) groups is 2.